The molecular formula is C20H22FN3O3. The molecule has 1 aliphatic heterocycles. The SMILES string of the molecule is O=C1NC2(CCCCCCC2)C(=O)N1Cc1coc(-c2ccc(F)cc2)n1. The van der Waals surface area contributed by atoms with Crippen LogP contribution in [0.2, 0.25) is 0 Å². The molecule has 1 aliphatic carbocycles. The zero-order valence-corrected chi connectivity index (χ0v) is 15.0. The fourth-order valence-electron chi connectivity index (χ4n) is 3.93. The van der Waals surface area contributed by atoms with E-state index in [1.807, 2.05) is 0 Å². The molecule has 0 unspecified atom stereocenters. The van der Waals surface area contributed by atoms with Gasteiger partial charge in [-0.15, -0.1) is 0 Å². The maximum Gasteiger partial charge on any atom is 0.325 e. The number of oxazole rings is 1. The van der Waals surface area contributed by atoms with Crippen molar-refractivity contribution in [2.45, 2.75) is 57.0 Å². The van der Waals surface area contributed by atoms with Crippen molar-refractivity contribution in [1.82, 2.24) is 15.2 Å². The van der Waals surface area contributed by atoms with Crippen molar-refractivity contribution >= 4 is 11.9 Å². The van der Waals surface area contributed by atoms with Crippen molar-refractivity contribution in [3.8, 4) is 11.5 Å². The van der Waals surface area contributed by atoms with Gasteiger partial charge < -0.3 is 9.73 Å². The number of carbonyl (C=O) groups excluding carboxylic acids is 2. The first kappa shape index (κ1) is 17.7. The second-order valence-corrected chi connectivity index (χ2v) is 7.32. The molecule has 1 N–H and O–H groups in total. The predicted molar refractivity (Wildman–Crippen MR) is 96.0 cm³/mol. The molecule has 1 aromatic heterocycles. The van der Waals surface area contributed by atoms with Crippen LogP contribution in [0, 0.1) is 5.82 Å². The van der Waals surface area contributed by atoms with E-state index in [0.29, 0.717) is 30.0 Å². The van der Waals surface area contributed by atoms with E-state index in [1.165, 1.54) is 29.7 Å². The topological polar surface area (TPSA) is 75.4 Å². The first-order valence-corrected chi connectivity index (χ1v) is 9.42. The maximum atomic E-state index is 13.1. The van der Waals surface area contributed by atoms with Gasteiger partial charge in [0.25, 0.3) is 5.91 Å². The van der Waals surface area contributed by atoms with Crippen molar-refractivity contribution in [2.24, 2.45) is 0 Å². The number of rotatable bonds is 3. The third kappa shape index (κ3) is 3.46. The lowest BCUT2D eigenvalue weighted by Gasteiger charge is -2.28. The number of halogens is 1. The lowest BCUT2D eigenvalue weighted by molar-refractivity contribution is -0.132. The van der Waals surface area contributed by atoms with E-state index in [0.717, 1.165) is 25.7 Å². The molecule has 1 aromatic carbocycles. The van der Waals surface area contributed by atoms with Gasteiger partial charge in [-0.2, -0.15) is 0 Å². The van der Waals surface area contributed by atoms with Gasteiger partial charge in [-0.25, -0.2) is 14.2 Å². The predicted octanol–water partition coefficient (Wildman–Crippen LogP) is 4.02. The molecule has 2 heterocycles. The molecule has 27 heavy (non-hydrogen) atoms. The molecule has 2 aliphatic rings. The van der Waals surface area contributed by atoms with Gasteiger partial charge in [-0.3, -0.25) is 9.69 Å². The van der Waals surface area contributed by atoms with Gasteiger partial charge in [-0.05, 0) is 37.1 Å². The van der Waals surface area contributed by atoms with Crippen LogP contribution in [0.15, 0.2) is 34.9 Å². The summed E-state index contributed by atoms with van der Waals surface area (Å²) in [4.78, 5) is 31.1. The number of amides is 3. The van der Waals surface area contributed by atoms with Crippen molar-refractivity contribution in [1.29, 1.82) is 0 Å². The Kier molecular flexibility index (Phi) is 4.68. The highest BCUT2D eigenvalue weighted by atomic mass is 19.1. The van der Waals surface area contributed by atoms with Crippen LogP contribution in [0.1, 0.15) is 50.6 Å². The fraction of sp³-hybridized carbons (Fsp3) is 0.450. The highest BCUT2D eigenvalue weighted by molar-refractivity contribution is 6.06. The minimum absolute atomic E-state index is 0.0666. The van der Waals surface area contributed by atoms with Crippen LogP contribution in [0.5, 0.6) is 0 Å². The summed E-state index contributed by atoms with van der Waals surface area (Å²) >= 11 is 0. The highest BCUT2D eigenvalue weighted by Crippen LogP contribution is 2.33. The molecule has 1 saturated carbocycles. The summed E-state index contributed by atoms with van der Waals surface area (Å²) in [6.45, 7) is 0.0666. The third-order valence-corrected chi connectivity index (χ3v) is 5.42. The van der Waals surface area contributed by atoms with Gasteiger partial charge in [0, 0.05) is 5.56 Å². The van der Waals surface area contributed by atoms with Crippen LogP contribution in [-0.2, 0) is 11.3 Å². The largest absolute Gasteiger partial charge is 0.444 e. The number of hydrogen-bond acceptors (Lipinski definition) is 4. The number of nitrogens with zero attached hydrogens (tertiary/aromatic N) is 2. The van der Waals surface area contributed by atoms with E-state index in [4.69, 9.17) is 4.42 Å². The Balaban J connectivity index is 1.50. The summed E-state index contributed by atoms with van der Waals surface area (Å²) in [6, 6.07) is 5.43. The first-order chi connectivity index (χ1) is 13.1. The van der Waals surface area contributed by atoms with Crippen molar-refractivity contribution < 1.29 is 18.4 Å². The summed E-state index contributed by atoms with van der Waals surface area (Å²) in [5, 5.41) is 2.94. The average molecular weight is 371 g/mol. The molecule has 142 valence electrons. The van der Waals surface area contributed by atoms with Crippen molar-refractivity contribution in [3.63, 3.8) is 0 Å². The number of nitrogens with one attached hydrogen (secondary N) is 1. The Morgan fingerprint density at radius 3 is 2.44 bits per heavy atom. The zero-order chi connectivity index (χ0) is 18.9. The number of urea groups is 1. The van der Waals surface area contributed by atoms with E-state index in [9.17, 15) is 14.0 Å². The molecule has 1 saturated heterocycles. The Labute approximate surface area is 156 Å². The van der Waals surface area contributed by atoms with Gasteiger partial charge >= 0.3 is 6.03 Å². The maximum absolute atomic E-state index is 13.1. The van der Waals surface area contributed by atoms with Crippen LogP contribution < -0.4 is 5.32 Å². The van der Waals surface area contributed by atoms with Crippen molar-refractivity contribution in [2.75, 3.05) is 0 Å². The van der Waals surface area contributed by atoms with E-state index in [-0.39, 0.29) is 24.3 Å². The molecule has 0 atom stereocenters. The van der Waals surface area contributed by atoms with Gasteiger partial charge in [-0.1, -0.05) is 32.1 Å². The van der Waals surface area contributed by atoms with Crippen LogP contribution in [0.3, 0.4) is 0 Å². The minimum atomic E-state index is -0.763. The number of carbonyl (C=O) groups is 2. The lowest BCUT2D eigenvalue weighted by Crippen LogP contribution is -2.47. The molecule has 3 amide bonds. The van der Waals surface area contributed by atoms with Crippen LogP contribution >= 0.6 is 0 Å². The van der Waals surface area contributed by atoms with Crippen LogP contribution in [-0.4, -0.2) is 27.4 Å². The van der Waals surface area contributed by atoms with Gasteiger partial charge in [0.05, 0.1) is 12.2 Å². The zero-order valence-electron chi connectivity index (χ0n) is 15.0. The third-order valence-electron chi connectivity index (χ3n) is 5.42. The summed E-state index contributed by atoms with van der Waals surface area (Å²) in [6.07, 6.45) is 8.07. The standard InChI is InChI=1S/C20H22FN3O3/c21-15-8-6-14(7-9-15)17-22-16(13-27-17)12-24-18(25)20(23-19(24)26)10-4-2-1-3-5-11-20/h6-9,13H,1-5,10-12H2,(H,23,26). The Morgan fingerprint density at radius 2 is 1.74 bits per heavy atom. The summed E-state index contributed by atoms with van der Waals surface area (Å²) in [5.74, 6) is -0.173. The van der Waals surface area contributed by atoms with E-state index in [2.05, 4.69) is 10.3 Å². The normalized spacial score (nSPS) is 19.8. The van der Waals surface area contributed by atoms with E-state index in [1.54, 1.807) is 12.1 Å². The fourth-order valence-corrected chi connectivity index (χ4v) is 3.93. The quantitative estimate of drug-likeness (QED) is 0.827. The monoisotopic (exact) mass is 371 g/mol. The first-order valence-electron chi connectivity index (χ1n) is 9.42. The number of imide groups is 1. The number of benzene rings is 1. The number of aromatic nitrogens is 1. The molecule has 0 bridgehead atoms. The number of hydrogen-bond donors (Lipinski definition) is 1. The van der Waals surface area contributed by atoms with Crippen LogP contribution in [0.25, 0.3) is 11.5 Å². The van der Waals surface area contributed by atoms with Crippen molar-refractivity contribution in [3.05, 3.63) is 42.0 Å². The summed E-state index contributed by atoms with van der Waals surface area (Å²) in [7, 11) is 0. The molecule has 0 radical (unpaired) electrons. The second kappa shape index (κ2) is 7.13. The van der Waals surface area contributed by atoms with E-state index < -0.39 is 5.54 Å². The summed E-state index contributed by atoms with van der Waals surface area (Å²) in [5.41, 5.74) is 0.359. The molecule has 2 fully saturated rings. The molecule has 6 nitrogen and oxygen atoms in total. The lowest BCUT2D eigenvalue weighted by atomic mass is 9.84. The van der Waals surface area contributed by atoms with Gasteiger partial charge in [0.1, 0.15) is 17.6 Å². The van der Waals surface area contributed by atoms with E-state index >= 15 is 0 Å². The average Bonchev–Trinajstić information content (AvgIpc) is 3.18. The summed E-state index contributed by atoms with van der Waals surface area (Å²) < 4.78 is 18.5. The molecule has 2 aromatic rings. The molecular weight excluding hydrogens is 349 g/mol. The Morgan fingerprint density at radius 1 is 1.07 bits per heavy atom. The van der Waals surface area contributed by atoms with Gasteiger partial charge in [0.2, 0.25) is 5.89 Å². The smallest absolute Gasteiger partial charge is 0.325 e. The second-order valence-electron chi connectivity index (χ2n) is 7.32. The minimum Gasteiger partial charge on any atom is -0.444 e. The molecule has 1 spiro atoms. The molecule has 4 rings (SSSR count). The Bertz CT molecular complexity index is 838. The molecule has 7 heteroatoms. The Hall–Kier alpha value is -2.70. The van der Waals surface area contributed by atoms with Crippen LogP contribution in [0.4, 0.5) is 9.18 Å². The highest BCUT2D eigenvalue weighted by Gasteiger charge is 2.50. The van der Waals surface area contributed by atoms with Gasteiger partial charge in [0.15, 0.2) is 0 Å².